The Labute approximate surface area is 240 Å². The van der Waals surface area contributed by atoms with Crippen LogP contribution < -0.4 is 9.47 Å². The van der Waals surface area contributed by atoms with Gasteiger partial charge in [-0.25, -0.2) is 0 Å². The van der Waals surface area contributed by atoms with Crippen LogP contribution in [0.4, 0.5) is 0 Å². The molecular formula is C36H43NO3. The van der Waals surface area contributed by atoms with Gasteiger partial charge < -0.3 is 9.47 Å². The summed E-state index contributed by atoms with van der Waals surface area (Å²) in [6, 6.07) is 26.6. The highest BCUT2D eigenvalue weighted by Crippen LogP contribution is 2.25. The molecule has 0 bridgehead atoms. The second-order valence-electron chi connectivity index (χ2n) is 10.5. The Morgan fingerprint density at radius 3 is 1.57 bits per heavy atom. The van der Waals surface area contributed by atoms with Crippen molar-refractivity contribution in [3.63, 3.8) is 0 Å². The molecule has 1 fully saturated rings. The second-order valence-corrected chi connectivity index (χ2v) is 10.5. The van der Waals surface area contributed by atoms with Gasteiger partial charge in [-0.2, -0.15) is 0 Å². The lowest BCUT2D eigenvalue weighted by Gasteiger charge is -2.30. The van der Waals surface area contributed by atoms with E-state index in [-0.39, 0.29) is 5.78 Å². The van der Waals surface area contributed by atoms with Crippen molar-refractivity contribution in [3.05, 3.63) is 107 Å². The molecule has 3 aromatic carbocycles. The third kappa shape index (κ3) is 9.24. The number of likely N-dealkylation sites (tertiary alicyclic amines) is 1. The lowest BCUT2D eigenvalue weighted by molar-refractivity contribution is -0.113. The van der Waals surface area contributed by atoms with Crippen LogP contribution in [0.5, 0.6) is 11.5 Å². The number of ether oxygens (including phenoxy) is 2. The first-order valence-corrected chi connectivity index (χ1v) is 14.8. The van der Waals surface area contributed by atoms with Gasteiger partial charge in [-0.1, -0.05) is 94.1 Å². The Bertz CT molecular complexity index is 1170. The van der Waals surface area contributed by atoms with E-state index in [9.17, 15) is 4.79 Å². The minimum atomic E-state index is 0.115. The molecule has 0 N–H and O–H groups in total. The number of hydrogen-bond donors (Lipinski definition) is 0. The number of rotatable bonds is 14. The first-order valence-electron chi connectivity index (χ1n) is 14.8. The van der Waals surface area contributed by atoms with Crippen LogP contribution in [0.3, 0.4) is 0 Å². The molecule has 0 saturated carbocycles. The number of piperidine rings is 1. The van der Waals surface area contributed by atoms with Crippen molar-refractivity contribution in [3.8, 4) is 11.5 Å². The fraction of sp³-hybridized carbons (Fsp3) is 0.361. The Morgan fingerprint density at radius 1 is 0.650 bits per heavy atom. The van der Waals surface area contributed by atoms with Gasteiger partial charge in [0.1, 0.15) is 11.5 Å². The maximum Gasteiger partial charge on any atom is 0.187 e. The summed E-state index contributed by atoms with van der Waals surface area (Å²) in [5.41, 5.74) is 4.87. The SMILES string of the molecule is CCCCCOc1ccc(C=C2CN(Cc3ccccc3)CC(=Cc3ccc(OCCCCC)cc3)C2=O)cc1. The molecule has 0 aliphatic carbocycles. The molecule has 0 unspecified atom stereocenters. The van der Waals surface area contributed by atoms with Crippen molar-refractivity contribution in [2.45, 2.75) is 58.9 Å². The summed E-state index contributed by atoms with van der Waals surface area (Å²) in [5, 5.41) is 0. The molecule has 0 amide bonds. The molecule has 210 valence electrons. The molecule has 1 aliphatic rings. The zero-order valence-corrected chi connectivity index (χ0v) is 24.1. The first-order chi connectivity index (χ1) is 19.6. The minimum Gasteiger partial charge on any atom is -0.494 e. The monoisotopic (exact) mass is 537 g/mol. The number of hydrogen-bond acceptors (Lipinski definition) is 4. The molecule has 4 heteroatoms. The molecule has 4 rings (SSSR count). The van der Waals surface area contributed by atoms with Crippen LogP contribution >= 0.6 is 0 Å². The summed E-state index contributed by atoms with van der Waals surface area (Å²) in [7, 11) is 0. The van der Waals surface area contributed by atoms with E-state index < -0.39 is 0 Å². The zero-order valence-electron chi connectivity index (χ0n) is 24.1. The molecule has 4 nitrogen and oxygen atoms in total. The van der Waals surface area contributed by atoms with Crippen LogP contribution in [0, 0.1) is 0 Å². The predicted molar refractivity (Wildman–Crippen MR) is 166 cm³/mol. The third-order valence-electron chi connectivity index (χ3n) is 7.10. The van der Waals surface area contributed by atoms with Crippen molar-refractivity contribution in [2.75, 3.05) is 26.3 Å². The van der Waals surface area contributed by atoms with Crippen molar-refractivity contribution in [1.29, 1.82) is 0 Å². The lowest BCUT2D eigenvalue weighted by Crippen LogP contribution is -2.37. The van der Waals surface area contributed by atoms with Crippen molar-refractivity contribution >= 4 is 17.9 Å². The van der Waals surface area contributed by atoms with Crippen LogP contribution in [0.1, 0.15) is 69.1 Å². The van der Waals surface area contributed by atoms with Crippen LogP contribution in [-0.4, -0.2) is 37.0 Å². The quantitative estimate of drug-likeness (QED) is 0.153. The second kappa shape index (κ2) is 15.8. The molecule has 0 spiro atoms. The van der Waals surface area contributed by atoms with Gasteiger partial charge in [-0.15, -0.1) is 0 Å². The summed E-state index contributed by atoms with van der Waals surface area (Å²) >= 11 is 0. The Hall–Kier alpha value is -3.63. The van der Waals surface area contributed by atoms with Gasteiger partial charge >= 0.3 is 0 Å². The number of carbonyl (C=O) groups is 1. The molecule has 1 aliphatic heterocycles. The van der Waals surface area contributed by atoms with Crippen molar-refractivity contribution in [2.24, 2.45) is 0 Å². The van der Waals surface area contributed by atoms with Crippen molar-refractivity contribution in [1.82, 2.24) is 4.90 Å². The van der Waals surface area contributed by atoms with Gasteiger partial charge in [-0.3, -0.25) is 9.69 Å². The lowest BCUT2D eigenvalue weighted by atomic mass is 9.94. The average molecular weight is 538 g/mol. The van der Waals surface area contributed by atoms with E-state index >= 15 is 0 Å². The van der Waals surface area contributed by atoms with E-state index in [2.05, 4.69) is 43.0 Å². The summed E-state index contributed by atoms with van der Waals surface area (Å²) in [6.07, 6.45) is 10.9. The summed E-state index contributed by atoms with van der Waals surface area (Å²) < 4.78 is 11.7. The summed E-state index contributed by atoms with van der Waals surface area (Å²) in [4.78, 5) is 16.0. The van der Waals surface area contributed by atoms with Gasteiger partial charge in [0, 0.05) is 30.8 Å². The number of unbranched alkanes of at least 4 members (excludes halogenated alkanes) is 4. The number of carbonyl (C=O) groups excluding carboxylic acids is 1. The molecule has 40 heavy (non-hydrogen) atoms. The fourth-order valence-electron chi connectivity index (χ4n) is 4.87. The summed E-state index contributed by atoms with van der Waals surface area (Å²) in [6.45, 7) is 7.88. The zero-order chi connectivity index (χ0) is 28.0. The molecule has 1 heterocycles. The summed E-state index contributed by atoms with van der Waals surface area (Å²) in [5.74, 6) is 1.86. The Morgan fingerprint density at radius 2 is 1.12 bits per heavy atom. The minimum absolute atomic E-state index is 0.115. The maximum atomic E-state index is 13.7. The highest BCUT2D eigenvalue weighted by Gasteiger charge is 2.26. The molecule has 3 aromatic rings. The van der Waals surface area contributed by atoms with Gasteiger partial charge in [0.15, 0.2) is 5.78 Å². The predicted octanol–water partition coefficient (Wildman–Crippen LogP) is 8.38. The van der Waals surface area contributed by atoms with Gasteiger partial charge in [0.05, 0.1) is 13.2 Å². The van der Waals surface area contributed by atoms with Crippen LogP contribution in [-0.2, 0) is 11.3 Å². The van der Waals surface area contributed by atoms with Crippen molar-refractivity contribution < 1.29 is 14.3 Å². The van der Waals surface area contributed by atoms with E-state index in [1.165, 1.54) is 31.2 Å². The van der Waals surface area contributed by atoms with Gasteiger partial charge in [-0.05, 0) is 65.9 Å². The van der Waals surface area contributed by atoms with E-state index in [4.69, 9.17) is 9.47 Å². The van der Waals surface area contributed by atoms with Crippen LogP contribution in [0.25, 0.3) is 12.2 Å². The number of Topliss-reactive ketones (excluding diaryl/α,β-unsaturated/α-hetero) is 1. The Balaban J connectivity index is 1.50. The van der Waals surface area contributed by atoms with Gasteiger partial charge in [0.25, 0.3) is 0 Å². The van der Waals surface area contributed by atoms with E-state index in [1.54, 1.807) is 0 Å². The molecule has 0 radical (unpaired) electrons. The van der Waals surface area contributed by atoms with Gasteiger partial charge in [0.2, 0.25) is 0 Å². The Kier molecular flexibility index (Phi) is 11.6. The highest BCUT2D eigenvalue weighted by atomic mass is 16.5. The molecule has 0 aromatic heterocycles. The average Bonchev–Trinajstić information content (AvgIpc) is 2.98. The van der Waals surface area contributed by atoms with E-state index in [0.29, 0.717) is 13.1 Å². The fourth-order valence-corrected chi connectivity index (χ4v) is 4.87. The molecular weight excluding hydrogens is 494 g/mol. The van der Waals surface area contributed by atoms with Crippen LogP contribution in [0.15, 0.2) is 90.0 Å². The largest absolute Gasteiger partial charge is 0.494 e. The smallest absolute Gasteiger partial charge is 0.187 e. The highest BCUT2D eigenvalue weighted by molar-refractivity contribution is 6.14. The number of benzene rings is 3. The molecule has 0 atom stereocenters. The first kappa shape index (κ1) is 29.4. The topological polar surface area (TPSA) is 38.8 Å². The number of ketones is 1. The van der Waals surface area contributed by atoms with Crippen LogP contribution in [0.2, 0.25) is 0 Å². The normalized spacial score (nSPS) is 16.0. The van der Waals surface area contributed by atoms with E-state index in [1.807, 2.05) is 66.7 Å². The maximum absolute atomic E-state index is 13.7. The van der Waals surface area contributed by atoms with E-state index in [0.717, 1.165) is 66.4 Å². The standard InChI is InChI=1S/C36H43NO3/c1-3-5-10-22-39-34-18-14-29(15-19-34)24-32-27-37(26-31-12-8-7-9-13-31)28-33(36(32)38)25-30-16-20-35(21-17-30)40-23-11-6-4-2/h7-9,12-21,24-25H,3-6,10-11,22-23,26-28H2,1-2H3. The number of nitrogens with zero attached hydrogens (tertiary/aromatic N) is 1. The third-order valence-corrected chi connectivity index (χ3v) is 7.10. The molecule has 1 saturated heterocycles.